The lowest BCUT2D eigenvalue weighted by Gasteiger charge is -2.43. The van der Waals surface area contributed by atoms with Crippen LogP contribution in [0.5, 0.6) is 0 Å². The molecule has 1 fully saturated rings. The Morgan fingerprint density at radius 3 is 2.74 bits per heavy atom. The highest BCUT2D eigenvalue weighted by molar-refractivity contribution is 5.47. The number of nitrogens with two attached hydrogens (primary N) is 1. The van der Waals surface area contributed by atoms with Crippen molar-refractivity contribution >= 4 is 5.69 Å². The van der Waals surface area contributed by atoms with Crippen molar-refractivity contribution in [2.45, 2.75) is 50.7 Å². The fourth-order valence-corrected chi connectivity index (χ4v) is 3.31. The maximum atomic E-state index is 6.19. The number of nitrogens with one attached hydrogen (secondary N) is 1. The lowest BCUT2D eigenvalue weighted by Crippen LogP contribution is -2.47. The number of hydrogen-bond acceptors (Lipinski definition) is 4. The molecule has 106 valence electrons. The largest absolute Gasteiger partial charge is 0.398 e. The summed E-state index contributed by atoms with van der Waals surface area (Å²) in [5.74, 6) is 0. The second kappa shape index (κ2) is 6.35. The van der Waals surface area contributed by atoms with Crippen LogP contribution in [0, 0.1) is 0 Å². The first-order chi connectivity index (χ1) is 9.23. The summed E-state index contributed by atoms with van der Waals surface area (Å²) in [6.07, 6.45) is 9.51. The number of nitrogens with zero attached hydrogens (tertiary/aromatic N) is 1. The van der Waals surface area contributed by atoms with Gasteiger partial charge in [0.2, 0.25) is 0 Å². The Morgan fingerprint density at radius 2 is 2.16 bits per heavy atom. The van der Waals surface area contributed by atoms with Crippen LogP contribution < -0.4 is 11.1 Å². The Hall–Kier alpha value is -1.13. The lowest BCUT2D eigenvalue weighted by atomic mass is 9.76. The SMILES string of the molecule is CCOC1(C(NC)c2cnccc2N)CCCCC1. The van der Waals surface area contributed by atoms with E-state index < -0.39 is 0 Å². The molecule has 3 N–H and O–H groups in total. The number of anilines is 1. The molecular weight excluding hydrogens is 238 g/mol. The molecule has 1 aliphatic carbocycles. The van der Waals surface area contributed by atoms with Crippen LogP contribution in [0.4, 0.5) is 5.69 Å². The quantitative estimate of drug-likeness (QED) is 0.857. The second-order valence-electron chi connectivity index (χ2n) is 5.28. The first kappa shape index (κ1) is 14.3. The fourth-order valence-electron chi connectivity index (χ4n) is 3.31. The van der Waals surface area contributed by atoms with E-state index in [1.54, 1.807) is 6.20 Å². The van der Waals surface area contributed by atoms with Gasteiger partial charge in [-0.05, 0) is 32.9 Å². The molecule has 1 heterocycles. The number of aromatic nitrogens is 1. The van der Waals surface area contributed by atoms with E-state index in [-0.39, 0.29) is 11.6 Å². The smallest absolute Gasteiger partial charge is 0.0877 e. The average Bonchev–Trinajstić information content (AvgIpc) is 2.43. The van der Waals surface area contributed by atoms with Crippen molar-refractivity contribution in [2.24, 2.45) is 0 Å². The maximum Gasteiger partial charge on any atom is 0.0877 e. The highest BCUT2D eigenvalue weighted by atomic mass is 16.5. The molecule has 2 rings (SSSR count). The Labute approximate surface area is 115 Å². The van der Waals surface area contributed by atoms with Gasteiger partial charge in [-0.25, -0.2) is 0 Å². The monoisotopic (exact) mass is 263 g/mol. The minimum absolute atomic E-state index is 0.112. The molecule has 0 aromatic carbocycles. The van der Waals surface area contributed by atoms with E-state index in [1.807, 2.05) is 19.3 Å². The topological polar surface area (TPSA) is 60.2 Å². The Balaban J connectivity index is 2.34. The van der Waals surface area contributed by atoms with Crippen LogP contribution in [0.25, 0.3) is 0 Å². The molecule has 0 spiro atoms. The third-order valence-electron chi connectivity index (χ3n) is 4.14. The van der Waals surface area contributed by atoms with Crippen molar-refractivity contribution in [1.29, 1.82) is 0 Å². The van der Waals surface area contributed by atoms with Crippen molar-refractivity contribution in [3.05, 3.63) is 24.0 Å². The third-order valence-corrected chi connectivity index (χ3v) is 4.14. The Kier molecular flexibility index (Phi) is 4.77. The summed E-state index contributed by atoms with van der Waals surface area (Å²) < 4.78 is 6.19. The molecule has 4 heteroatoms. The highest BCUT2D eigenvalue weighted by Crippen LogP contribution is 2.42. The predicted molar refractivity (Wildman–Crippen MR) is 77.9 cm³/mol. The first-order valence-electron chi connectivity index (χ1n) is 7.24. The number of hydrogen-bond donors (Lipinski definition) is 2. The van der Waals surface area contributed by atoms with E-state index in [1.165, 1.54) is 19.3 Å². The van der Waals surface area contributed by atoms with Crippen molar-refractivity contribution < 1.29 is 4.74 Å². The molecule has 1 unspecified atom stereocenters. The van der Waals surface area contributed by atoms with Gasteiger partial charge in [-0.1, -0.05) is 19.3 Å². The van der Waals surface area contributed by atoms with Crippen LogP contribution in [-0.4, -0.2) is 24.2 Å². The van der Waals surface area contributed by atoms with Gasteiger partial charge in [0.15, 0.2) is 0 Å². The highest BCUT2D eigenvalue weighted by Gasteiger charge is 2.41. The van der Waals surface area contributed by atoms with E-state index >= 15 is 0 Å². The van der Waals surface area contributed by atoms with Crippen LogP contribution in [0.15, 0.2) is 18.5 Å². The third kappa shape index (κ3) is 2.90. The van der Waals surface area contributed by atoms with Crippen molar-refractivity contribution in [3.63, 3.8) is 0 Å². The maximum absolute atomic E-state index is 6.19. The zero-order valence-electron chi connectivity index (χ0n) is 12.0. The van der Waals surface area contributed by atoms with Gasteiger partial charge in [0.1, 0.15) is 0 Å². The summed E-state index contributed by atoms with van der Waals surface area (Å²) in [5.41, 5.74) is 7.83. The van der Waals surface area contributed by atoms with E-state index in [4.69, 9.17) is 10.5 Å². The predicted octanol–water partition coefficient (Wildman–Crippen LogP) is 2.66. The van der Waals surface area contributed by atoms with E-state index in [2.05, 4.69) is 17.2 Å². The summed E-state index contributed by atoms with van der Waals surface area (Å²) in [4.78, 5) is 4.22. The van der Waals surface area contributed by atoms with E-state index in [0.29, 0.717) is 0 Å². The van der Waals surface area contributed by atoms with Gasteiger partial charge in [-0.2, -0.15) is 0 Å². The molecule has 0 bridgehead atoms. The van der Waals surface area contributed by atoms with Crippen molar-refractivity contribution in [3.8, 4) is 0 Å². The minimum atomic E-state index is -0.140. The van der Waals surface area contributed by atoms with Gasteiger partial charge in [0.25, 0.3) is 0 Å². The van der Waals surface area contributed by atoms with Crippen LogP contribution >= 0.6 is 0 Å². The van der Waals surface area contributed by atoms with Gasteiger partial charge < -0.3 is 15.8 Å². The number of likely N-dealkylation sites (N-methyl/N-ethyl adjacent to an activating group) is 1. The van der Waals surface area contributed by atoms with Gasteiger partial charge in [-0.3, -0.25) is 4.98 Å². The molecule has 1 atom stereocenters. The van der Waals surface area contributed by atoms with Gasteiger partial charge in [0, 0.05) is 30.3 Å². The minimum Gasteiger partial charge on any atom is -0.398 e. The molecule has 0 saturated heterocycles. The van der Waals surface area contributed by atoms with Gasteiger partial charge in [0.05, 0.1) is 11.6 Å². The van der Waals surface area contributed by atoms with Gasteiger partial charge >= 0.3 is 0 Å². The molecular formula is C15H25N3O. The molecule has 1 aromatic rings. The standard InChI is InChI=1S/C15H25N3O/c1-3-19-15(8-5-4-6-9-15)14(17-2)12-11-18-10-7-13(12)16/h7,10-11,14,17H,3-6,8-9H2,1-2H3,(H2,16,18). The normalized spacial score (nSPS) is 20.1. The molecule has 0 radical (unpaired) electrons. The fraction of sp³-hybridized carbons (Fsp3) is 0.667. The zero-order valence-corrected chi connectivity index (χ0v) is 12.0. The number of ether oxygens (including phenoxy) is 1. The van der Waals surface area contributed by atoms with Crippen LogP contribution in [-0.2, 0) is 4.74 Å². The first-order valence-corrected chi connectivity index (χ1v) is 7.24. The molecule has 1 saturated carbocycles. The average molecular weight is 263 g/mol. The summed E-state index contributed by atoms with van der Waals surface area (Å²) in [7, 11) is 1.98. The molecule has 19 heavy (non-hydrogen) atoms. The molecule has 1 aromatic heterocycles. The Bertz CT molecular complexity index is 397. The summed E-state index contributed by atoms with van der Waals surface area (Å²) in [5, 5.41) is 3.41. The summed E-state index contributed by atoms with van der Waals surface area (Å²) in [6.45, 7) is 2.80. The van der Waals surface area contributed by atoms with Crippen LogP contribution in [0.1, 0.15) is 50.6 Å². The molecule has 0 amide bonds. The number of rotatable bonds is 5. The zero-order chi connectivity index (χ0) is 13.7. The van der Waals surface area contributed by atoms with Crippen molar-refractivity contribution in [1.82, 2.24) is 10.3 Å². The summed E-state index contributed by atoms with van der Waals surface area (Å²) >= 11 is 0. The number of pyridine rings is 1. The molecule has 1 aliphatic rings. The number of nitrogen functional groups attached to an aromatic ring is 1. The molecule has 4 nitrogen and oxygen atoms in total. The summed E-state index contributed by atoms with van der Waals surface area (Å²) in [6, 6.07) is 1.98. The lowest BCUT2D eigenvalue weighted by molar-refractivity contribution is -0.0897. The van der Waals surface area contributed by atoms with Crippen molar-refractivity contribution in [2.75, 3.05) is 19.4 Å². The van der Waals surface area contributed by atoms with E-state index in [0.717, 1.165) is 30.7 Å². The van der Waals surface area contributed by atoms with Gasteiger partial charge in [-0.15, -0.1) is 0 Å². The van der Waals surface area contributed by atoms with Crippen LogP contribution in [0.3, 0.4) is 0 Å². The second-order valence-corrected chi connectivity index (χ2v) is 5.28. The molecule has 0 aliphatic heterocycles. The van der Waals surface area contributed by atoms with E-state index in [9.17, 15) is 0 Å². The Morgan fingerprint density at radius 1 is 1.42 bits per heavy atom. The van der Waals surface area contributed by atoms with Crippen LogP contribution in [0.2, 0.25) is 0 Å².